The van der Waals surface area contributed by atoms with Crippen molar-refractivity contribution in [2.45, 2.75) is 78.3 Å². The van der Waals surface area contributed by atoms with Crippen LogP contribution in [-0.4, -0.2) is 36.6 Å². The molecule has 2 atom stereocenters. The summed E-state index contributed by atoms with van der Waals surface area (Å²) in [6.45, 7) is 13.4. The highest BCUT2D eigenvalue weighted by molar-refractivity contribution is 4.86. The monoisotopic (exact) mass is 266 g/mol. The van der Waals surface area contributed by atoms with E-state index in [1.54, 1.807) is 0 Å². The zero-order valence-corrected chi connectivity index (χ0v) is 13.5. The summed E-state index contributed by atoms with van der Waals surface area (Å²) in [5.41, 5.74) is 0.589. The smallest absolute Gasteiger partial charge is 0.00818 e. The fourth-order valence-corrected chi connectivity index (χ4v) is 3.86. The second kappa shape index (κ2) is 6.58. The number of likely N-dealkylation sites (tertiary alicyclic amines) is 1. The summed E-state index contributed by atoms with van der Waals surface area (Å²) in [7, 11) is 0. The van der Waals surface area contributed by atoms with E-state index in [2.05, 4.69) is 37.9 Å². The zero-order chi connectivity index (χ0) is 13.9. The Hall–Kier alpha value is -0.0800. The first-order chi connectivity index (χ1) is 9.00. The quantitative estimate of drug-likeness (QED) is 0.835. The van der Waals surface area contributed by atoms with Gasteiger partial charge in [0.25, 0.3) is 0 Å². The van der Waals surface area contributed by atoms with Crippen LogP contribution in [0.15, 0.2) is 0 Å². The molecule has 0 spiro atoms. The maximum Gasteiger partial charge on any atom is 0.00818 e. The first-order valence-corrected chi connectivity index (χ1v) is 8.48. The van der Waals surface area contributed by atoms with E-state index in [9.17, 15) is 0 Å². The van der Waals surface area contributed by atoms with Gasteiger partial charge in [0.2, 0.25) is 0 Å². The molecule has 0 bridgehead atoms. The highest BCUT2D eigenvalue weighted by atomic mass is 15.1. The van der Waals surface area contributed by atoms with Crippen molar-refractivity contribution in [3.63, 3.8) is 0 Å². The van der Waals surface area contributed by atoms with Crippen LogP contribution in [-0.2, 0) is 0 Å². The van der Waals surface area contributed by atoms with Gasteiger partial charge in [-0.2, -0.15) is 0 Å². The lowest BCUT2D eigenvalue weighted by Crippen LogP contribution is -2.48. The zero-order valence-electron chi connectivity index (χ0n) is 13.5. The van der Waals surface area contributed by atoms with Crippen molar-refractivity contribution >= 4 is 0 Å². The summed E-state index contributed by atoms with van der Waals surface area (Å²) < 4.78 is 0. The number of nitrogens with one attached hydrogen (secondary N) is 1. The summed E-state index contributed by atoms with van der Waals surface area (Å²) in [6, 6.07) is 1.47. The molecule has 1 N–H and O–H groups in total. The van der Waals surface area contributed by atoms with Crippen molar-refractivity contribution < 1.29 is 0 Å². The molecule has 2 aliphatic rings. The number of rotatable bonds is 4. The molecule has 1 saturated heterocycles. The van der Waals surface area contributed by atoms with Gasteiger partial charge < -0.3 is 10.2 Å². The third kappa shape index (κ3) is 4.46. The second-order valence-electron chi connectivity index (χ2n) is 7.69. The predicted octanol–water partition coefficient (Wildman–Crippen LogP) is 3.67. The Morgan fingerprint density at radius 2 is 1.89 bits per heavy atom. The van der Waals surface area contributed by atoms with Gasteiger partial charge in [-0.05, 0) is 69.9 Å². The SMILES string of the molecule is CCN1CCCC(C(C)NC2CCC(C)(C)CC2)C1. The van der Waals surface area contributed by atoms with E-state index in [-0.39, 0.29) is 0 Å². The molecule has 0 aromatic carbocycles. The maximum absolute atomic E-state index is 3.94. The van der Waals surface area contributed by atoms with Crippen LogP contribution in [0.4, 0.5) is 0 Å². The summed E-state index contributed by atoms with van der Waals surface area (Å²) in [4.78, 5) is 2.62. The van der Waals surface area contributed by atoms with Gasteiger partial charge in [0.15, 0.2) is 0 Å². The molecule has 1 saturated carbocycles. The first-order valence-electron chi connectivity index (χ1n) is 8.48. The van der Waals surface area contributed by atoms with E-state index >= 15 is 0 Å². The van der Waals surface area contributed by atoms with Gasteiger partial charge in [0, 0.05) is 18.6 Å². The van der Waals surface area contributed by atoms with Crippen LogP contribution in [0.3, 0.4) is 0 Å². The van der Waals surface area contributed by atoms with E-state index < -0.39 is 0 Å². The van der Waals surface area contributed by atoms with Gasteiger partial charge in [-0.1, -0.05) is 20.8 Å². The molecule has 2 fully saturated rings. The van der Waals surface area contributed by atoms with Crippen LogP contribution in [0, 0.1) is 11.3 Å². The molecule has 19 heavy (non-hydrogen) atoms. The number of piperidine rings is 1. The van der Waals surface area contributed by atoms with Crippen LogP contribution >= 0.6 is 0 Å². The Morgan fingerprint density at radius 3 is 2.53 bits per heavy atom. The van der Waals surface area contributed by atoms with Crippen molar-refractivity contribution in [2.75, 3.05) is 19.6 Å². The topological polar surface area (TPSA) is 15.3 Å². The average Bonchev–Trinajstić information content (AvgIpc) is 2.41. The van der Waals surface area contributed by atoms with Crippen LogP contribution < -0.4 is 5.32 Å². The average molecular weight is 266 g/mol. The van der Waals surface area contributed by atoms with Crippen molar-refractivity contribution in [3.05, 3.63) is 0 Å². The number of hydrogen-bond acceptors (Lipinski definition) is 2. The lowest BCUT2D eigenvalue weighted by Gasteiger charge is -2.40. The van der Waals surface area contributed by atoms with Crippen LogP contribution in [0.25, 0.3) is 0 Å². The molecular formula is C17H34N2. The molecule has 1 heterocycles. The normalized spacial score (nSPS) is 31.3. The fourth-order valence-electron chi connectivity index (χ4n) is 3.86. The molecule has 112 valence electrons. The summed E-state index contributed by atoms with van der Waals surface area (Å²) in [5.74, 6) is 0.864. The fraction of sp³-hybridized carbons (Fsp3) is 1.00. The van der Waals surface area contributed by atoms with E-state index in [0.29, 0.717) is 11.5 Å². The lowest BCUT2D eigenvalue weighted by atomic mass is 9.75. The molecule has 0 amide bonds. The van der Waals surface area contributed by atoms with Crippen molar-refractivity contribution in [1.82, 2.24) is 10.2 Å². The van der Waals surface area contributed by atoms with Gasteiger partial charge >= 0.3 is 0 Å². The molecular weight excluding hydrogens is 232 g/mol. The Labute approximate surface area is 120 Å². The minimum atomic E-state index is 0.589. The second-order valence-corrected chi connectivity index (χ2v) is 7.69. The molecule has 0 aromatic rings. The Kier molecular flexibility index (Phi) is 5.30. The van der Waals surface area contributed by atoms with Crippen LogP contribution in [0.1, 0.15) is 66.2 Å². The Bertz CT molecular complexity index is 264. The molecule has 0 radical (unpaired) electrons. The van der Waals surface area contributed by atoms with E-state index in [4.69, 9.17) is 0 Å². The molecule has 2 unspecified atom stereocenters. The standard InChI is InChI=1S/C17H34N2/c1-5-19-12-6-7-15(13-19)14(2)18-16-8-10-17(3,4)11-9-16/h14-16,18H,5-13H2,1-4H3. The summed E-state index contributed by atoms with van der Waals surface area (Å²) >= 11 is 0. The maximum atomic E-state index is 3.94. The molecule has 2 heteroatoms. The summed E-state index contributed by atoms with van der Waals surface area (Å²) in [5, 5.41) is 3.94. The van der Waals surface area contributed by atoms with Gasteiger partial charge in [0.05, 0.1) is 0 Å². The minimum Gasteiger partial charge on any atom is -0.311 e. The third-order valence-corrected chi connectivity index (χ3v) is 5.53. The highest BCUT2D eigenvalue weighted by Gasteiger charge is 2.30. The van der Waals surface area contributed by atoms with Crippen molar-refractivity contribution in [3.8, 4) is 0 Å². The van der Waals surface area contributed by atoms with Crippen molar-refractivity contribution in [1.29, 1.82) is 0 Å². The summed E-state index contributed by atoms with van der Waals surface area (Å²) in [6.07, 6.45) is 8.35. The van der Waals surface area contributed by atoms with Gasteiger partial charge in [-0.25, -0.2) is 0 Å². The van der Waals surface area contributed by atoms with E-state index in [0.717, 1.165) is 12.0 Å². The minimum absolute atomic E-state index is 0.589. The number of hydrogen-bond donors (Lipinski definition) is 1. The first kappa shape index (κ1) is 15.3. The molecule has 0 aromatic heterocycles. The molecule has 2 nitrogen and oxygen atoms in total. The van der Waals surface area contributed by atoms with Gasteiger partial charge in [0.1, 0.15) is 0 Å². The molecule has 1 aliphatic carbocycles. The molecule has 2 rings (SSSR count). The largest absolute Gasteiger partial charge is 0.311 e. The van der Waals surface area contributed by atoms with Gasteiger partial charge in [-0.15, -0.1) is 0 Å². The third-order valence-electron chi connectivity index (χ3n) is 5.53. The van der Waals surface area contributed by atoms with Gasteiger partial charge in [-0.3, -0.25) is 0 Å². The van der Waals surface area contributed by atoms with Crippen molar-refractivity contribution in [2.24, 2.45) is 11.3 Å². The van der Waals surface area contributed by atoms with E-state index in [1.807, 2.05) is 0 Å². The lowest BCUT2D eigenvalue weighted by molar-refractivity contribution is 0.138. The Morgan fingerprint density at radius 1 is 1.21 bits per heavy atom. The van der Waals surface area contributed by atoms with Crippen LogP contribution in [0.5, 0.6) is 0 Å². The number of nitrogens with zero attached hydrogens (tertiary/aromatic N) is 1. The molecule has 1 aliphatic heterocycles. The van der Waals surface area contributed by atoms with Crippen LogP contribution in [0.2, 0.25) is 0 Å². The predicted molar refractivity (Wildman–Crippen MR) is 83.5 cm³/mol. The highest BCUT2D eigenvalue weighted by Crippen LogP contribution is 2.35. The Balaban J connectivity index is 1.76. The van der Waals surface area contributed by atoms with E-state index in [1.165, 1.54) is 58.2 Å².